The summed E-state index contributed by atoms with van der Waals surface area (Å²) in [6, 6.07) is 65.7. The quantitative estimate of drug-likeness (QED) is 0.178. The first-order valence-corrected chi connectivity index (χ1v) is 20.6. The smallest absolute Gasteiger partial charge is 0.0540 e. The molecule has 3 aliphatic heterocycles. The van der Waals surface area contributed by atoms with Gasteiger partial charge in [-0.15, -0.1) is 0 Å². The highest BCUT2D eigenvalue weighted by Crippen LogP contribution is 2.58. The first-order valence-electron chi connectivity index (χ1n) is 20.6. The van der Waals surface area contributed by atoms with Crippen LogP contribution in [-0.2, 0) is 16.2 Å². The van der Waals surface area contributed by atoms with Crippen molar-refractivity contribution >= 4 is 62.0 Å². The Balaban J connectivity index is 1.16. The average molecular weight is 750 g/mol. The fraction of sp³-hybridized carbons (Fsp3) is 0.164. The Hall–Kier alpha value is -6.58. The maximum absolute atomic E-state index is 2.52. The van der Waals surface area contributed by atoms with Gasteiger partial charge >= 0.3 is 0 Å². The van der Waals surface area contributed by atoms with Gasteiger partial charge in [0.1, 0.15) is 0 Å². The van der Waals surface area contributed by atoms with Crippen molar-refractivity contribution in [3.8, 4) is 0 Å². The third-order valence-corrected chi connectivity index (χ3v) is 13.6. The van der Waals surface area contributed by atoms with Gasteiger partial charge in [-0.2, -0.15) is 0 Å². The predicted octanol–water partition coefficient (Wildman–Crippen LogP) is 15.2. The second-order valence-electron chi connectivity index (χ2n) is 17.9. The summed E-state index contributed by atoms with van der Waals surface area (Å²) < 4.78 is 0. The number of hydrogen-bond acceptors (Lipinski definition) is 3. The van der Waals surface area contributed by atoms with E-state index in [9.17, 15) is 0 Å². The normalized spacial score (nSPS) is 16.4. The molecule has 8 aromatic carbocycles. The van der Waals surface area contributed by atoms with Crippen molar-refractivity contribution < 1.29 is 0 Å². The Labute approximate surface area is 342 Å². The van der Waals surface area contributed by atoms with Gasteiger partial charge in [-0.1, -0.05) is 151 Å². The van der Waals surface area contributed by atoms with E-state index in [1.807, 2.05) is 0 Å². The molecule has 0 saturated heterocycles. The van der Waals surface area contributed by atoms with Gasteiger partial charge in [0.15, 0.2) is 0 Å². The van der Waals surface area contributed by atoms with Crippen LogP contribution in [0, 0.1) is 0 Å². The highest BCUT2D eigenvalue weighted by Gasteiger charge is 2.42. The Bertz CT molecular complexity index is 2700. The van der Waals surface area contributed by atoms with Crippen LogP contribution in [0.15, 0.2) is 176 Å². The Morgan fingerprint density at radius 1 is 0.276 bits per heavy atom. The summed E-state index contributed by atoms with van der Waals surface area (Å²) in [4.78, 5) is 7.50. The molecule has 0 radical (unpaired) electrons. The van der Waals surface area contributed by atoms with Crippen molar-refractivity contribution in [1.82, 2.24) is 0 Å². The zero-order valence-electron chi connectivity index (χ0n) is 34.1. The van der Waals surface area contributed by atoms with Crippen LogP contribution >= 0.6 is 0 Å². The van der Waals surface area contributed by atoms with E-state index in [0.717, 1.165) is 0 Å². The first kappa shape index (κ1) is 34.7. The van der Waals surface area contributed by atoms with Crippen LogP contribution in [0.4, 0.5) is 51.2 Å². The Morgan fingerprint density at radius 3 is 1.05 bits per heavy atom. The van der Waals surface area contributed by atoms with E-state index in [1.165, 1.54) is 95.3 Å². The van der Waals surface area contributed by atoms with Gasteiger partial charge in [0, 0.05) is 33.0 Å². The molecular weight excluding hydrogens is 703 g/mol. The van der Waals surface area contributed by atoms with Crippen LogP contribution in [0.2, 0.25) is 0 Å². The van der Waals surface area contributed by atoms with Gasteiger partial charge in [-0.05, 0) is 105 Å². The average Bonchev–Trinajstić information content (AvgIpc) is 3.24. The van der Waals surface area contributed by atoms with E-state index in [4.69, 9.17) is 0 Å². The minimum Gasteiger partial charge on any atom is -0.310 e. The molecule has 0 unspecified atom stereocenters. The lowest BCUT2D eigenvalue weighted by Crippen LogP contribution is -2.33. The van der Waals surface area contributed by atoms with E-state index in [2.05, 4.69) is 232 Å². The molecule has 282 valence electrons. The van der Waals surface area contributed by atoms with Crippen molar-refractivity contribution in [2.24, 2.45) is 0 Å². The molecule has 0 aliphatic carbocycles. The minimum atomic E-state index is -0.347. The minimum absolute atomic E-state index is 0.126. The van der Waals surface area contributed by atoms with Gasteiger partial charge in [0.2, 0.25) is 0 Å². The molecule has 0 N–H and O–H groups in total. The van der Waals surface area contributed by atoms with Crippen LogP contribution in [0.5, 0.6) is 0 Å². The van der Waals surface area contributed by atoms with Crippen LogP contribution in [0.25, 0.3) is 10.8 Å². The van der Waals surface area contributed by atoms with Gasteiger partial charge in [0.25, 0.3) is 0 Å². The van der Waals surface area contributed by atoms with Gasteiger partial charge in [0.05, 0.1) is 39.8 Å². The number of rotatable bonds is 3. The number of anilines is 9. The monoisotopic (exact) mass is 749 g/mol. The van der Waals surface area contributed by atoms with Crippen molar-refractivity contribution in [2.75, 3.05) is 14.7 Å². The largest absolute Gasteiger partial charge is 0.310 e. The number of nitrogens with zero attached hydrogens (tertiary/aromatic N) is 3. The Kier molecular flexibility index (Phi) is 7.30. The standard InChI is InChI=1S/C55H47N3/c1-53(2)40-21-9-13-25-47(40)56(48-26-14-10-22-41(48)53)37-30-32-51-44(34-37)55(5,6)45-35-38(31-33-52(45)58(51)46-29-17-19-36-18-7-8-20-39(36)46)57-49-27-15-11-23-42(49)54(3,4)43-24-12-16-28-50(43)57/h7-35H,1-6H3. The second-order valence-corrected chi connectivity index (χ2v) is 17.9. The van der Waals surface area contributed by atoms with E-state index in [1.54, 1.807) is 0 Å². The molecular formula is C55H47N3. The zero-order valence-corrected chi connectivity index (χ0v) is 34.1. The molecule has 3 nitrogen and oxygen atoms in total. The zero-order chi connectivity index (χ0) is 39.6. The lowest BCUT2D eigenvalue weighted by Gasteiger charge is -2.45. The highest BCUT2D eigenvalue weighted by molar-refractivity contribution is 6.02. The lowest BCUT2D eigenvalue weighted by atomic mass is 9.72. The van der Waals surface area contributed by atoms with Gasteiger partial charge < -0.3 is 14.7 Å². The molecule has 0 amide bonds. The van der Waals surface area contributed by atoms with Crippen LogP contribution in [-0.4, -0.2) is 0 Å². The van der Waals surface area contributed by atoms with Crippen LogP contribution in [0.3, 0.4) is 0 Å². The first-order chi connectivity index (χ1) is 28.1. The maximum atomic E-state index is 2.52. The molecule has 3 aliphatic rings. The van der Waals surface area contributed by atoms with Crippen molar-refractivity contribution in [2.45, 2.75) is 57.8 Å². The van der Waals surface area contributed by atoms with Gasteiger partial charge in [-0.25, -0.2) is 0 Å². The Morgan fingerprint density at radius 2 is 0.603 bits per heavy atom. The number of fused-ring (bicyclic) bond motifs is 7. The van der Waals surface area contributed by atoms with Crippen molar-refractivity contribution in [1.29, 1.82) is 0 Å². The molecule has 11 rings (SSSR count). The molecule has 58 heavy (non-hydrogen) atoms. The molecule has 0 atom stereocenters. The summed E-state index contributed by atoms with van der Waals surface area (Å²) in [5, 5.41) is 2.46. The lowest BCUT2D eigenvalue weighted by molar-refractivity contribution is 0.627. The maximum Gasteiger partial charge on any atom is 0.0540 e. The van der Waals surface area contributed by atoms with E-state index in [-0.39, 0.29) is 16.2 Å². The number of benzene rings is 8. The third kappa shape index (κ3) is 4.74. The van der Waals surface area contributed by atoms with Crippen LogP contribution < -0.4 is 14.7 Å². The molecule has 0 saturated carbocycles. The number of para-hydroxylation sites is 4. The molecule has 3 heteroatoms. The highest BCUT2D eigenvalue weighted by atomic mass is 15.2. The topological polar surface area (TPSA) is 9.72 Å². The summed E-state index contributed by atoms with van der Waals surface area (Å²) in [5.41, 5.74) is 18.2. The van der Waals surface area contributed by atoms with Crippen LogP contribution in [0.1, 0.15) is 74.9 Å². The summed E-state index contributed by atoms with van der Waals surface area (Å²) >= 11 is 0. The third-order valence-electron chi connectivity index (χ3n) is 13.6. The molecule has 0 fully saturated rings. The SMILES string of the molecule is CC1(C)c2ccccc2N(c2ccc3c(c2)C(C)(C)c2cc(N4c5ccccc5C(C)(C)c5ccccc54)ccc2N3c2cccc3ccccc23)c2ccccc21. The summed E-state index contributed by atoms with van der Waals surface area (Å²) in [6.45, 7) is 14.3. The molecule has 0 bridgehead atoms. The predicted molar refractivity (Wildman–Crippen MR) is 244 cm³/mol. The summed E-state index contributed by atoms with van der Waals surface area (Å²) in [6.07, 6.45) is 0. The fourth-order valence-electron chi connectivity index (χ4n) is 10.5. The second kappa shape index (κ2) is 12.2. The number of hydrogen-bond donors (Lipinski definition) is 0. The van der Waals surface area contributed by atoms with Crippen molar-refractivity contribution in [3.63, 3.8) is 0 Å². The van der Waals surface area contributed by atoms with E-state index < -0.39 is 0 Å². The van der Waals surface area contributed by atoms with Gasteiger partial charge in [-0.3, -0.25) is 0 Å². The molecule has 0 spiro atoms. The molecule has 0 aromatic heterocycles. The van der Waals surface area contributed by atoms with E-state index >= 15 is 0 Å². The summed E-state index contributed by atoms with van der Waals surface area (Å²) in [5.74, 6) is 0. The fourth-order valence-corrected chi connectivity index (χ4v) is 10.5. The molecule has 8 aromatic rings. The van der Waals surface area contributed by atoms with E-state index in [0.29, 0.717) is 0 Å². The molecule has 3 heterocycles. The van der Waals surface area contributed by atoms with Crippen molar-refractivity contribution in [3.05, 3.63) is 209 Å². The summed E-state index contributed by atoms with van der Waals surface area (Å²) in [7, 11) is 0.